The lowest BCUT2D eigenvalue weighted by molar-refractivity contribution is 0.190. The quantitative estimate of drug-likeness (QED) is 0.757. The topological polar surface area (TPSA) is 106 Å². The molecule has 0 amide bonds. The summed E-state index contributed by atoms with van der Waals surface area (Å²) in [5, 5.41) is -0.612. The van der Waals surface area contributed by atoms with E-state index in [1.165, 1.54) is 0 Å². The molecule has 2 fully saturated rings. The van der Waals surface area contributed by atoms with Crippen LogP contribution in [0.4, 0.5) is 0 Å². The Morgan fingerprint density at radius 1 is 1.18 bits per heavy atom. The maximum atomic E-state index is 12.6. The average molecular weight is 375 g/mol. The molecule has 0 spiro atoms. The van der Waals surface area contributed by atoms with Gasteiger partial charge in [-0.05, 0) is 31.6 Å². The molecular weight excluding hydrogens is 348 g/mol. The molecule has 0 aromatic carbocycles. The third-order valence-electron chi connectivity index (χ3n) is 5.10. The zero-order chi connectivity index (χ0) is 15.7. The van der Waals surface area contributed by atoms with Gasteiger partial charge in [0.25, 0.3) is 0 Å². The van der Waals surface area contributed by atoms with Crippen molar-refractivity contribution in [3.05, 3.63) is 0 Å². The van der Waals surface area contributed by atoms with E-state index in [-0.39, 0.29) is 42.7 Å². The lowest BCUT2D eigenvalue weighted by Crippen LogP contribution is -2.60. The maximum Gasteiger partial charge on any atom is 0.215 e. The van der Waals surface area contributed by atoms with Crippen LogP contribution >= 0.6 is 12.4 Å². The van der Waals surface area contributed by atoms with Crippen molar-refractivity contribution in [3.8, 4) is 0 Å². The van der Waals surface area contributed by atoms with E-state index in [0.29, 0.717) is 6.54 Å². The summed E-state index contributed by atoms with van der Waals surface area (Å²) in [7, 11) is -6.59. The van der Waals surface area contributed by atoms with Gasteiger partial charge in [-0.15, -0.1) is 12.4 Å². The van der Waals surface area contributed by atoms with E-state index >= 15 is 0 Å². The highest BCUT2D eigenvalue weighted by Crippen LogP contribution is 2.34. The summed E-state index contributed by atoms with van der Waals surface area (Å²) >= 11 is 0. The van der Waals surface area contributed by atoms with Crippen molar-refractivity contribution < 1.29 is 16.8 Å². The van der Waals surface area contributed by atoms with Gasteiger partial charge < -0.3 is 5.73 Å². The zero-order valence-corrected chi connectivity index (χ0v) is 15.4. The maximum absolute atomic E-state index is 12.6. The fourth-order valence-electron chi connectivity index (χ4n) is 3.46. The van der Waals surface area contributed by atoms with Gasteiger partial charge in [-0.1, -0.05) is 19.8 Å². The predicted molar refractivity (Wildman–Crippen MR) is 90.4 cm³/mol. The number of hydrogen-bond acceptors (Lipinski definition) is 5. The van der Waals surface area contributed by atoms with E-state index in [9.17, 15) is 16.8 Å². The van der Waals surface area contributed by atoms with Crippen molar-refractivity contribution in [1.29, 1.82) is 0 Å². The summed E-state index contributed by atoms with van der Waals surface area (Å²) in [6.07, 6.45) is 4.18. The van der Waals surface area contributed by atoms with E-state index < -0.39 is 30.6 Å². The lowest BCUT2D eigenvalue weighted by Gasteiger charge is -2.43. The van der Waals surface area contributed by atoms with Gasteiger partial charge >= 0.3 is 0 Å². The first-order chi connectivity index (χ1) is 9.71. The summed E-state index contributed by atoms with van der Waals surface area (Å²) in [4.78, 5) is 0. The number of sulfonamides is 1. The second-order valence-corrected chi connectivity index (χ2v) is 10.8. The highest BCUT2D eigenvalue weighted by Gasteiger charge is 2.43. The number of halogens is 1. The van der Waals surface area contributed by atoms with Gasteiger partial charge in [0.1, 0.15) is 9.84 Å². The minimum Gasteiger partial charge on any atom is -0.329 e. The Morgan fingerprint density at radius 3 is 2.27 bits per heavy atom. The van der Waals surface area contributed by atoms with Gasteiger partial charge in [-0.2, -0.15) is 0 Å². The van der Waals surface area contributed by atoms with E-state index in [4.69, 9.17) is 5.73 Å². The fourth-order valence-corrected chi connectivity index (χ4v) is 7.22. The van der Waals surface area contributed by atoms with Crippen LogP contribution in [-0.4, -0.2) is 45.7 Å². The smallest absolute Gasteiger partial charge is 0.215 e. The van der Waals surface area contributed by atoms with Crippen molar-refractivity contribution in [3.63, 3.8) is 0 Å². The normalized spacial score (nSPS) is 33.1. The van der Waals surface area contributed by atoms with Crippen LogP contribution in [0.3, 0.4) is 0 Å². The molecule has 2 rings (SSSR count). The van der Waals surface area contributed by atoms with E-state index in [2.05, 4.69) is 4.72 Å². The van der Waals surface area contributed by atoms with Crippen molar-refractivity contribution in [2.24, 2.45) is 11.7 Å². The average Bonchev–Trinajstić information content (AvgIpc) is 2.41. The summed E-state index contributed by atoms with van der Waals surface area (Å²) in [6.45, 7) is 2.33. The molecule has 1 saturated carbocycles. The molecule has 1 heterocycles. The van der Waals surface area contributed by atoms with Crippen LogP contribution in [-0.2, 0) is 19.9 Å². The SMILES string of the molecule is CC1CCCCC1(CN)NS(=O)(=O)C1CCS(=O)(=O)CC1.Cl. The molecule has 9 heteroatoms. The number of nitrogens with one attached hydrogen (secondary N) is 1. The van der Waals surface area contributed by atoms with Crippen molar-refractivity contribution in [1.82, 2.24) is 4.72 Å². The molecule has 3 N–H and O–H groups in total. The predicted octanol–water partition coefficient (Wildman–Crippen LogP) is 0.812. The highest BCUT2D eigenvalue weighted by molar-refractivity contribution is 7.92. The van der Waals surface area contributed by atoms with Crippen LogP contribution < -0.4 is 10.5 Å². The van der Waals surface area contributed by atoms with Crippen LogP contribution in [0.25, 0.3) is 0 Å². The third kappa shape index (κ3) is 4.35. The Kier molecular flexibility index (Phi) is 6.72. The summed E-state index contributed by atoms with van der Waals surface area (Å²) in [5.41, 5.74) is 5.32. The molecule has 0 aromatic heterocycles. The fraction of sp³-hybridized carbons (Fsp3) is 1.00. The molecule has 6 nitrogen and oxygen atoms in total. The minimum absolute atomic E-state index is 0. The first-order valence-corrected chi connectivity index (χ1v) is 11.0. The number of sulfone groups is 1. The molecule has 132 valence electrons. The van der Waals surface area contributed by atoms with Crippen LogP contribution in [0.1, 0.15) is 45.4 Å². The largest absolute Gasteiger partial charge is 0.329 e. The molecule has 1 aliphatic heterocycles. The van der Waals surface area contributed by atoms with Gasteiger partial charge in [-0.25, -0.2) is 21.6 Å². The molecule has 2 aliphatic rings. The van der Waals surface area contributed by atoms with Crippen LogP contribution in [0.5, 0.6) is 0 Å². The van der Waals surface area contributed by atoms with Crippen molar-refractivity contribution >= 4 is 32.3 Å². The van der Waals surface area contributed by atoms with Gasteiger partial charge in [0.2, 0.25) is 10.0 Å². The van der Waals surface area contributed by atoms with E-state index in [1.807, 2.05) is 6.92 Å². The molecular formula is C13H27ClN2O4S2. The monoisotopic (exact) mass is 374 g/mol. The Morgan fingerprint density at radius 2 is 1.77 bits per heavy atom. The Bertz CT molecular complexity index is 565. The van der Waals surface area contributed by atoms with Crippen LogP contribution in [0, 0.1) is 5.92 Å². The second kappa shape index (κ2) is 7.34. The molecule has 0 radical (unpaired) electrons. The highest BCUT2D eigenvalue weighted by atomic mass is 35.5. The first kappa shape index (κ1) is 20.2. The third-order valence-corrected chi connectivity index (χ3v) is 8.86. The standard InChI is InChI=1S/C13H26N2O4S2.ClH/c1-11-4-2-3-7-13(11,10-14)15-21(18,19)12-5-8-20(16,17)9-6-12;/h11-12,15H,2-10,14H2,1H3;1H. The van der Waals surface area contributed by atoms with Gasteiger partial charge in [0.05, 0.1) is 16.8 Å². The number of rotatable bonds is 4. The van der Waals surface area contributed by atoms with Gasteiger partial charge in [0.15, 0.2) is 0 Å². The van der Waals surface area contributed by atoms with Gasteiger partial charge in [0, 0.05) is 12.1 Å². The Hall–Kier alpha value is 0.110. The second-order valence-electron chi connectivity index (χ2n) is 6.51. The Labute approximate surface area is 140 Å². The Balaban J connectivity index is 0.00000242. The summed E-state index contributed by atoms with van der Waals surface area (Å²) < 4.78 is 51.0. The molecule has 2 atom stereocenters. The van der Waals surface area contributed by atoms with E-state index in [0.717, 1.165) is 25.7 Å². The first-order valence-electron chi connectivity index (χ1n) is 7.64. The van der Waals surface area contributed by atoms with Crippen LogP contribution in [0.2, 0.25) is 0 Å². The molecule has 22 heavy (non-hydrogen) atoms. The van der Waals surface area contributed by atoms with Gasteiger partial charge in [-0.3, -0.25) is 0 Å². The van der Waals surface area contributed by atoms with Crippen molar-refractivity contribution in [2.75, 3.05) is 18.1 Å². The summed E-state index contributed by atoms with van der Waals surface area (Å²) in [6, 6.07) is 0. The molecule has 2 unspecified atom stereocenters. The molecule has 1 saturated heterocycles. The van der Waals surface area contributed by atoms with Crippen LogP contribution in [0.15, 0.2) is 0 Å². The zero-order valence-electron chi connectivity index (χ0n) is 13.0. The summed E-state index contributed by atoms with van der Waals surface area (Å²) in [5.74, 6) is 0.131. The number of hydrogen-bond donors (Lipinski definition) is 2. The number of nitrogens with two attached hydrogens (primary N) is 1. The lowest BCUT2D eigenvalue weighted by atomic mass is 9.74. The molecule has 0 aromatic rings. The molecule has 1 aliphatic carbocycles. The molecule has 0 bridgehead atoms. The minimum atomic E-state index is -3.53. The van der Waals surface area contributed by atoms with Crippen molar-refractivity contribution in [2.45, 2.75) is 56.2 Å². The van der Waals surface area contributed by atoms with E-state index in [1.54, 1.807) is 0 Å².